The van der Waals surface area contributed by atoms with Crippen LogP contribution in [0.15, 0.2) is 18.2 Å². The third-order valence-corrected chi connectivity index (χ3v) is 4.79. The SMILES string of the molecule is Cc1cccc2c(C34CNCCC3C4(F)F)n[nH]c12. The van der Waals surface area contributed by atoms with Gasteiger partial charge in [-0.2, -0.15) is 5.10 Å². The molecule has 5 heteroatoms. The van der Waals surface area contributed by atoms with Gasteiger partial charge in [-0.1, -0.05) is 18.2 Å². The van der Waals surface area contributed by atoms with Gasteiger partial charge in [0.15, 0.2) is 0 Å². The summed E-state index contributed by atoms with van der Waals surface area (Å²) in [6, 6.07) is 5.75. The van der Waals surface area contributed by atoms with Gasteiger partial charge in [0.2, 0.25) is 0 Å². The first-order chi connectivity index (χ1) is 9.09. The average molecular weight is 263 g/mol. The number of aromatic amines is 1. The first-order valence-electron chi connectivity index (χ1n) is 6.62. The molecule has 2 N–H and O–H groups in total. The van der Waals surface area contributed by atoms with E-state index in [9.17, 15) is 8.78 Å². The van der Waals surface area contributed by atoms with E-state index in [0.29, 0.717) is 25.2 Å². The molecule has 1 aliphatic heterocycles. The number of rotatable bonds is 1. The van der Waals surface area contributed by atoms with Gasteiger partial charge in [0.1, 0.15) is 0 Å². The van der Waals surface area contributed by atoms with Crippen LogP contribution in [0.3, 0.4) is 0 Å². The molecule has 1 saturated heterocycles. The predicted octanol–water partition coefficient (Wildman–Crippen LogP) is 2.37. The Hall–Kier alpha value is -1.49. The van der Waals surface area contributed by atoms with Gasteiger partial charge in [-0.15, -0.1) is 0 Å². The van der Waals surface area contributed by atoms with Gasteiger partial charge in [-0.3, -0.25) is 5.10 Å². The number of nitrogens with one attached hydrogen (secondary N) is 2. The molecular weight excluding hydrogens is 248 g/mol. The Morgan fingerprint density at radius 1 is 1.37 bits per heavy atom. The highest BCUT2D eigenvalue weighted by atomic mass is 19.3. The second-order valence-electron chi connectivity index (χ2n) is 5.68. The van der Waals surface area contributed by atoms with Crippen LogP contribution in [0, 0.1) is 12.8 Å². The van der Waals surface area contributed by atoms with Crippen molar-refractivity contribution >= 4 is 10.9 Å². The Bertz CT molecular complexity index is 664. The summed E-state index contributed by atoms with van der Waals surface area (Å²) in [6.07, 6.45) is 0.521. The molecule has 2 fully saturated rings. The largest absolute Gasteiger partial charge is 0.316 e. The summed E-state index contributed by atoms with van der Waals surface area (Å²) in [5, 5.41) is 11.1. The minimum absolute atomic E-state index is 0.318. The van der Waals surface area contributed by atoms with Crippen molar-refractivity contribution < 1.29 is 8.78 Å². The normalized spacial score (nSPS) is 32.3. The fourth-order valence-electron chi connectivity index (χ4n) is 3.67. The van der Waals surface area contributed by atoms with Crippen molar-refractivity contribution in [3.8, 4) is 0 Å². The molecule has 2 heterocycles. The Kier molecular flexibility index (Phi) is 1.99. The molecule has 1 saturated carbocycles. The maximum absolute atomic E-state index is 14.3. The average Bonchev–Trinajstić information content (AvgIpc) is 2.75. The van der Waals surface area contributed by atoms with Crippen LogP contribution in [0.5, 0.6) is 0 Å². The lowest BCUT2D eigenvalue weighted by molar-refractivity contribution is 0.0782. The first kappa shape index (κ1) is 11.3. The molecule has 0 amide bonds. The topological polar surface area (TPSA) is 40.7 Å². The molecule has 2 atom stereocenters. The lowest BCUT2D eigenvalue weighted by atomic mass is 9.92. The third kappa shape index (κ3) is 1.17. The summed E-state index contributed by atoms with van der Waals surface area (Å²) >= 11 is 0. The number of nitrogens with zero attached hydrogens (tertiary/aromatic N) is 1. The van der Waals surface area contributed by atoms with Gasteiger partial charge in [0, 0.05) is 17.8 Å². The van der Waals surface area contributed by atoms with Gasteiger partial charge in [-0.25, -0.2) is 8.78 Å². The third-order valence-electron chi connectivity index (χ3n) is 4.79. The fraction of sp³-hybridized carbons (Fsp3) is 0.500. The molecule has 0 spiro atoms. The summed E-state index contributed by atoms with van der Waals surface area (Å²) in [6.45, 7) is 2.95. The lowest BCUT2D eigenvalue weighted by Gasteiger charge is -2.19. The van der Waals surface area contributed by atoms with E-state index in [-0.39, 0.29) is 0 Å². The number of fused-ring (bicyclic) bond motifs is 2. The first-order valence-corrected chi connectivity index (χ1v) is 6.62. The van der Waals surface area contributed by atoms with Gasteiger partial charge in [0.25, 0.3) is 5.92 Å². The van der Waals surface area contributed by atoms with Crippen LogP contribution in [-0.4, -0.2) is 29.2 Å². The standard InChI is InChI=1S/C14H15F2N3/c1-8-3-2-4-9-11(8)18-19-12(9)13-7-17-6-5-10(13)14(13,15)16/h2-4,10,17H,5-7H2,1H3,(H,18,19). The number of para-hydroxylation sites is 1. The number of benzene rings is 1. The molecule has 4 rings (SSSR count). The summed E-state index contributed by atoms with van der Waals surface area (Å²) in [4.78, 5) is 0. The molecule has 0 bridgehead atoms. The summed E-state index contributed by atoms with van der Waals surface area (Å²) in [5.41, 5.74) is 1.35. The van der Waals surface area contributed by atoms with Crippen molar-refractivity contribution in [2.75, 3.05) is 13.1 Å². The van der Waals surface area contributed by atoms with Crippen molar-refractivity contribution in [3.63, 3.8) is 0 Å². The molecule has 1 aliphatic carbocycles. The lowest BCUT2D eigenvalue weighted by Crippen LogP contribution is -2.36. The van der Waals surface area contributed by atoms with Crippen LogP contribution in [-0.2, 0) is 5.41 Å². The second kappa shape index (κ2) is 3.33. The van der Waals surface area contributed by atoms with Crippen LogP contribution in [0.25, 0.3) is 10.9 Å². The summed E-state index contributed by atoms with van der Waals surface area (Å²) in [7, 11) is 0. The van der Waals surface area contributed by atoms with E-state index in [1.807, 2.05) is 25.1 Å². The van der Waals surface area contributed by atoms with E-state index in [1.54, 1.807) is 0 Å². The van der Waals surface area contributed by atoms with Crippen LogP contribution < -0.4 is 5.32 Å². The number of alkyl halides is 2. The maximum Gasteiger partial charge on any atom is 0.264 e. The van der Waals surface area contributed by atoms with Gasteiger partial charge < -0.3 is 5.32 Å². The van der Waals surface area contributed by atoms with Crippen molar-refractivity contribution in [2.45, 2.75) is 24.7 Å². The van der Waals surface area contributed by atoms with E-state index in [1.165, 1.54) is 0 Å². The van der Waals surface area contributed by atoms with Crippen molar-refractivity contribution in [3.05, 3.63) is 29.5 Å². The number of piperidine rings is 1. The summed E-state index contributed by atoms with van der Waals surface area (Å²) < 4.78 is 28.5. The number of H-pyrrole nitrogens is 1. The van der Waals surface area contributed by atoms with Gasteiger partial charge in [0.05, 0.1) is 16.6 Å². The van der Waals surface area contributed by atoms with Gasteiger partial charge in [-0.05, 0) is 25.5 Å². The fourth-order valence-corrected chi connectivity index (χ4v) is 3.67. The highest BCUT2D eigenvalue weighted by Gasteiger charge is 2.82. The zero-order valence-corrected chi connectivity index (χ0v) is 10.6. The highest BCUT2D eigenvalue weighted by molar-refractivity contribution is 5.86. The monoisotopic (exact) mass is 263 g/mol. The summed E-state index contributed by atoms with van der Waals surface area (Å²) in [5.74, 6) is -3.20. The second-order valence-corrected chi connectivity index (χ2v) is 5.68. The van der Waals surface area contributed by atoms with Crippen molar-refractivity contribution in [1.82, 2.24) is 15.5 Å². The number of halogens is 2. The highest BCUT2D eigenvalue weighted by Crippen LogP contribution is 2.69. The molecule has 3 nitrogen and oxygen atoms in total. The van der Waals surface area contributed by atoms with E-state index in [4.69, 9.17) is 0 Å². The van der Waals surface area contributed by atoms with Crippen LogP contribution in [0.1, 0.15) is 17.7 Å². The van der Waals surface area contributed by atoms with Crippen molar-refractivity contribution in [2.24, 2.45) is 5.92 Å². The van der Waals surface area contributed by atoms with E-state index in [0.717, 1.165) is 16.5 Å². The number of hydrogen-bond acceptors (Lipinski definition) is 2. The Morgan fingerprint density at radius 2 is 2.21 bits per heavy atom. The van der Waals surface area contributed by atoms with Crippen LogP contribution in [0.4, 0.5) is 8.78 Å². The number of aryl methyl sites for hydroxylation is 1. The predicted molar refractivity (Wildman–Crippen MR) is 68.4 cm³/mol. The molecule has 2 aromatic rings. The van der Waals surface area contributed by atoms with Crippen LogP contribution >= 0.6 is 0 Å². The molecule has 1 aromatic carbocycles. The minimum Gasteiger partial charge on any atom is -0.316 e. The zero-order valence-electron chi connectivity index (χ0n) is 10.6. The van der Waals surface area contributed by atoms with E-state index in [2.05, 4.69) is 15.5 Å². The molecular formula is C14H15F2N3. The minimum atomic E-state index is -2.64. The quantitative estimate of drug-likeness (QED) is 0.829. The number of hydrogen-bond donors (Lipinski definition) is 2. The Labute approximate surface area is 109 Å². The smallest absolute Gasteiger partial charge is 0.264 e. The van der Waals surface area contributed by atoms with E-state index < -0.39 is 17.3 Å². The Morgan fingerprint density at radius 3 is 3.00 bits per heavy atom. The van der Waals surface area contributed by atoms with Crippen LogP contribution in [0.2, 0.25) is 0 Å². The molecule has 19 heavy (non-hydrogen) atoms. The Balaban J connectivity index is 1.94. The maximum atomic E-state index is 14.3. The molecule has 0 radical (unpaired) electrons. The van der Waals surface area contributed by atoms with Crippen molar-refractivity contribution in [1.29, 1.82) is 0 Å². The van der Waals surface area contributed by atoms with Gasteiger partial charge >= 0.3 is 0 Å². The zero-order chi connectivity index (χ0) is 13.3. The molecule has 100 valence electrons. The van der Waals surface area contributed by atoms with E-state index >= 15 is 0 Å². The molecule has 2 aliphatic rings. The molecule has 2 unspecified atom stereocenters. The number of aromatic nitrogens is 2. The molecule has 1 aromatic heterocycles.